The first-order valence-corrected chi connectivity index (χ1v) is 8.12. The Hall–Kier alpha value is -2.09. The van der Waals surface area contributed by atoms with Crippen molar-refractivity contribution in [2.24, 2.45) is 5.10 Å². The summed E-state index contributed by atoms with van der Waals surface area (Å²) in [5.41, 5.74) is 3.81. The normalized spacial score (nSPS) is 10.6. The van der Waals surface area contributed by atoms with E-state index in [0.717, 1.165) is 14.9 Å². The van der Waals surface area contributed by atoms with E-state index in [4.69, 9.17) is 9.47 Å². The fraction of sp³-hybridized carbons (Fsp3) is 0.176. The number of hydrogen-bond donors (Lipinski definition) is 1. The zero-order valence-electron chi connectivity index (χ0n) is 12.9. The molecule has 0 aliphatic rings. The van der Waals surface area contributed by atoms with Crippen LogP contribution in [0.15, 0.2) is 47.6 Å². The van der Waals surface area contributed by atoms with Gasteiger partial charge >= 0.3 is 0 Å². The number of amides is 1. The van der Waals surface area contributed by atoms with Crippen LogP contribution in [0.1, 0.15) is 22.8 Å². The summed E-state index contributed by atoms with van der Waals surface area (Å²) in [6, 6.07) is 12.7. The number of benzene rings is 2. The average molecular weight is 424 g/mol. The maximum Gasteiger partial charge on any atom is 0.275 e. The van der Waals surface area contributed by atoms with Crippen molar-refractivity contribution in [2.75, 3.05) is 13.7 Å². The highest BCUT2D eigenvalue weighted by atomic mass is 127. The third-order valence-corrected chi connectivity index (χ3v) is 3.83. The molecular weight excluding hydrogens is 407 g/mol. The first kappa shape index (κ1) is 17.3. The lowest BCUT2D eigenvalue weighted by molar-refractivity contribution is 0.0952. The number of carbonyl (C=O) groups excluding carboxylic acids is 1. The van der Waals surface area contributed by atoms with Crippen molar-refractivity contribution in [1.82, 2.24) is 5.43 Å². The van der Waals surface area contributed by atoms with E-state index in [-0.39, 0.29) is 5.91 Å². The van der Waals surface area contributed by atoms with E-state index in [0.29, 0.717) is 17.9 Å². The van der Waals surface area contributed by atoms with Gasteiger partial charge in [0.2, 0.25) is 0 Å². The van der Waals surface area contributed by atoms with Gasteiger partial charge in [-0.05, 0) is 65.4 Å². The molecule has 0 saturated carbocycles. The van der Waals surface area contributed by atoms with Crippen molar-refractivity contribution < 1.29 is 14.3 Å². The van der Waals surface area contributed by atoms with Crippen molar-refractivity contribution in [3.05, 3.63) is 57.2 Å². The molecule has 23 heavy (non-hydrogen) atoms. The molecule has 6 heteroatoms. The second-order valence-corrected chi connectivity index (χ2v) is 5.68. The highest BCUT2D eigenvalue weighted by Gasteiger charge is 2.10. The minimum Gasteiger partial charge on any atom is -0.496 e. The molecule has 0 bridgehead atoms. The van der Waals surface area contributed by atoms with Gasteiger partial charge in [0.15, 0.2) is 0 Å². The third kappa shape index (κ3) is 4.69. The molecule has 1 amide bonds. The van der Waals surface area contributed by atoms with E-state index in [1.165, 1.54) is 7.11 Å². The maximum absolute atomic E-state index is 12.1. The Morgan fingerprint density at radius 1 is 1.26 bits per heavy atom. The summed E-state index contributed by atoms with van der Waals surface area (Å²) in [5, 5.41) is 3.99. The quantitative estimate of drug-likeness (QED) is 0.439. The fourth-order valence-electron chi connectivity index (χ4n) is 1.93. The number of hydrogen-bond acceptors (Lipinski definition) is 4. The Labute approximate surface area is 148 Å². The van der Waals surface area contributed by atoms with Crippen molar-refractivity contribution in [1.29, 1.82) is 0 Å². The molecule has 2 aromatic carbocycles. The fourth-order valence-corrected chi connectivity index (χ4v) is 2.62. The summed E-state index contributed by atoms with van der Waals surface area (Å²) in [7, 11) is 1.53. The van der Waals surface area contributed by atoms with Crippen LogP contribution < -0.4 is 14.9 Å². The average Bonchev–Trinajstić information content (AvgIpc) is 2.57. The van der Waals surface area contributed by atoms with E-state index in [2.05, 4.69) is 33.1 Å². The molecule has 0 fully saturated rings. The first-order valence-electron chi connectivity index (χ1n) is 7.04. The molecule has 0 aliphatic heterocycles. The second kappa shape index (κ2) is 8.52. The molecule has 0 aromatic heterocycles. The lowest BCUT2D eigenvalue weighted by Crippen LogP contribution is -2.18. The molecular formula is C17H17IN2O3. The summed E-state index contributed by atoms with van der Waals surface area (Å²) in [6.45, 7) is 2.57. The Morgan fingerprint density at radius 2 is 2.04 bits per heavy atom. The zero-order valence-corrected chi connectivity index (χ0v) is 15.0. The summed E-state index contributed by atoms with van der Waals surface area (Å²) in [5.74, 6) is 1.03. The van der Waals surface area contributed by atoms with Gasteiger partial charge in [-0.2, -0.15) is 5.10 Å². The molecule has 0 heterocycles. The predicted molar refractivity (Wildman–Crippen MR) is 98.4 cm³/mol. The second-order valence-electron chi connectivity index (χ2n) is 4.52. The maximum atomic E-state index is 12.1. The number of rotatable bonds is 6. The number of hydrazone groups is 1. The number of para-hydroxylation sites is 1. The standard InChI is InChI=1S/C17H17IN2O3/c1-3-23-16-9-8-12(10-14(16)18)11-19-20-17(21)13-6-4-5-7-15(13)22-2/h4-11H,3H2,1-2H3,(H,20,21)/b19-11-. The molecule has 0 radical (unpaired) electrons. The monoisotopic (exact) mass is 424 g/mol. The van der Waals surface area contributed by atoms with Crippen molar-refractivity contribution in [3.63, 3.8) is 0 Å². The van der Waals surface area contributed by atoms with Gasteiger partial charge < -0.3 is 9.47 Å². The Kier molecular flexibility index (Phi) is 6.40. The molecule has 0 saturated heterocycles. The number of carbonyl (C=O) groups is 1. The molecule has 1 N–H and O–H groups in total. The summed E-state index contributed by atoms with van der Waals surface area (Å²) >= 11 is 2.20. The van der Waals surface area contributed by atoms with Crippen LogP contribution in [0, 0.1) is 3.57 Å². The lowest BCUT2D eigenvalue weighted by atomic mass is 10.2. The molecule has 2 aromatic rings. The van der Waals surface area contributed by atoms with E-state index >= 15 is 0 Å². The summed E-state index contributed by atoms with van der Waals surface area (Å²) in [6.07, 6.45) is 1.59. The number of ether oxygens (including phenoxy) is 2. The van der Waals surface area contributed by atoms with E-state index in [1.807, 2.05) is 25.1 Å². The van der Waals surface area contributed by atoms with Crippen LogP contribution in [0.25, 0.3) is 0 Å². The van der Waals surface area contributed by atoms with E-state index in [9.17, 15) is 4.79 Å². The van der Waals surface area contributed by atoms with Crippen LogP contribution in [0.4, 0.5) is 0 Å². The van der Waals surface area contributed by atoms with Crippen LogP contribution in [-0.2, 0) is 0 Å². The van der Waals surface area contributed by atoms with Crippen LogP contribution in [0.5, 0.6) is 11.5 Å². The van der Waals surface area contributed by atoms with Crippen LogP contribution in [0.3, 0.4) is 0 Å². The minimum atomic E-state index is -0.320. The smallest absolute Gasteiger partial charge is 0.275 e. The van der Waals surface area contributed by atoms with Gasteiger partial charge in [0.05, 0.1) is 29.1 Å². The Balaban J connectivity index is 2.04. The van der Waals surface area contributed by atoms with Gasteiger partial charge in [0, 0.05) is 0 Å². The molecule has 0 unspecified atom stereocenters. The third-order valence-electron chi connectivity index (χ3n) is 2.99. The van der Waals surface area contributed by atoms with Gasteiger partial charge in [-0.3, -0.25) is 4.79 Å². The van der Waals surface area contributed by atoms with Crippen LogP contribution in [0.2, 0.25) is 0 Å². The molecule has 0 aliphatic carbocycles. The highest BCUT2D eigenvalue weighted by Crippen LogP contribution is 2.21. The number of methoxy groups -OCH3 is 1. The van der Waals surface area contributed by atoms with Crippen molar-refractivity contribution in [2.45, 2.75) is 6.92 Å². The van der Waals surface area contributed by atoms with Gasteiger partial charge in [-0.15, -0.1) is 0 Å². The number of nitrogens with zero attached hydrogens (tertiary/aromatic N) is 1. The van der Waals surface area contributed by atoms with Gasteiger partial charge in [0.1, 0.15) is 11.5 Å². The van der Waals surface area contributed by atoms with Gasteiger partial charge in [0.25, 0.3) is 5.91 Å². The predicted octanol–water partition coefficient (Wildman–Crippen LogP) is 3.46. The Morgan fingerprint density at radius 3 is 2.74 bits per heavy atom. The van der Waals surface area contributed by atoms with E-state index in [1.54, 1.807) is 30.5 Å². The topological polar surface area (TPSA) is 59.9 Å². The van der Waals surface area contributed by atoms with Gasteiger partial charge in [-0.25, -0.2) is 5.43 Å². The largest absolute Gasteiger partial charge is 0.496 e. The first-order chi connectivity index (χ1) is 11.2. The highest BCUT2D eigenvalue weighted by molar-refractivity contribution is 14.1. The summed E-state index contributed by atoms with van der Waals surface area (Å²) < 4.78 is 11.6. The Bertz CT molecular complexity index is 717. The van der Waals surface area contributed by atoms with Gasteiger partial charge in [-0.1, -0.05) is 12.1 Å². The minimum absolute atomic E-state index is 0.320. The van der Waals surface area contributed by atoms with E-state index < -0.39 is 0 Å². The molecule has 2 rings (SSSR count). The summed E-state index contributed by atoms with van der Waals surface area (Å²) in [4.78, 5) is 12.1. The molecule has 0 spiro atoms. The SMILES string of the molecule is CCOc1ccc(/C=N\NC(=O)c2ccccc2OC)cc1I. The van der Waals surface area contributed by atoms with Crippen molar-refractivity contribution >= 4 is 34.7 Å². The number of halogens is 1. The van der Waals surface area contributed by atoms with Crippen LogP contribution in [-0.4, -0.2) is 25.8 Å². The van der Waals surface area contributed by atoms with Crippen molar-refractivity contribution in [3.8, 4) is 11.5 Å². The lowest BCUT2D eigenvalue weighted by Gasteiger charge is -2.07. The van der Waals surface area contributed by atoms with Crippen LogP contribution >= 0.6 is 22.6 Å². The zero-order chi connectivity index (χ0) is 16.7. The molecule has 120 valence electrons. The molecule has 0 atom stereocenters. The number of nitrogens with one attached hydrogen (secondary N) is 1. The molecule has 5 nitrogen and oxygen atoms in total.